The summed E-state index contributed by atoms with van der Waals surface area (Å²) in [5.74, 6) is 2.25. The summed E-state index contributed by atoms with van der Waals surface area (Å²) in [5.41, 5.74) is 5.14. The molecule has 101 valence electrons. The van der Waals surface area contributed by atoms with Crippen LogP contribution >= 0.6 is 0 Å². The zero-order valence-electron chi connectivity index (χ0n) is 11.1. The monoisotopic (exact) mass is 260 g/mol. The maximum absolute atomic E-state index is 12.0. The second-order valence-corrected chi connectivity index (χ2v) is 6.77. The number of amides is 1. The summed E-state index contributed by atoms with van der Waals surface area (Å²) >= 11 is 0. The summed E-state index contributed by atoms with van der Waals surface area (Å²) in [4.78, 5) is 16.4. The van der Waals surface area contributed by atoms with Gasteiger partial charge in [-0.05, 0) is 57.3 Å². The van der Waals surface area contributed by atoms with Crippen molar-refractivity contribution in [1.29, 1.82) is 0 Å². The summed E-state index contributed by atoms with van der Waals surface area (Å²) in [6, 6.07) is 0. The van der Waals surface area contributed by atoms with Crippen LogP contribution in [0.25, 0.3) is 0 Å². The number of nitrogens with two attached hydrogens (primary N) is 1. The van der Waals surface area contributed by atoms with E-state index < -0.39 is 5.41 Å². The van der Waals surface area contributed by atoms with Crippen LogP contribution in [0.15, 0.2) is 4.52 Å². The van der Waals surface area contributed by atoms with Gasteiger partial charge in [-0.3, -0.25) is 4.79 Å². The Hall–Kier alpha value is -1.39. The molecule has 0 saturated heterocycles. The minimum absolute atomic E-state index is 0.114. The van der Waals surface area contributed by atoms with Crippen LogP contribution in [0, 0.1) is 30.6 Å². The van der Waals surface area contributed by atoms with E-state index in [-0.39, 0.29) is 11.3 Å². The highest BCUT2D eigenvalue weighted by Gasteiger charge is 2.62. The number of aromatic nitrogens is 2. The average molecular weight is 260 g/mol. The zero-order chi connectivity index (χ0) is 13.3. The number of rotatable bonds is 2. The Balaban J connectivity index is 1.80. The van der Waals surface area contributed by atoms with Crippen molar-refractivity contribution in [2.45, 2.75) is 44.4 Å². The number of carbonyl (C=O) groups is 1. The Morgan fingerprint density at radius 1 is 1.47 bits per heavy atom. The van der Waals surface area contributed by atoms with Crippen molar-refractivity contribution in [2.75, 3.05) is 0 Å². The lowest BCUT2D eigenvalue weighted by Gasteiger charge is -2.59. The number of hydrogen-bond acceptors (Lipinski definition) is 4. The first kappa shape index (κ1) is 11.4. The third kappa shape index (κ3) is 1.44. The van der Waals surface area contributed by atoms with Gasteiger partial charge in [-0.2, -0.15) is 4.98 Å². The quantitative estimate of drug-likeness (QED) is 0.874. The van der Waals surface area contributed by atoms with E-state index in [9.17, 15) is 4.79 Å². The molecular weight excluding hydrogens is 242 g/mol. The predicted octanol–water partition coefficient (Wildman–Crippen LogP) is 1.52. The second kappa shape index (κ2) is 3.38. The smallest absolute Gasteiger partial charge is 0.232 e. The summed E-state index contributed by atoms with van der Waals surface area (Å²) in [6.45, 7) is 1.84. The summed E-state index contributed by atoms with van der Waals surface area (Å²) in [6.07, 6.45) is 7.15. The number of nitrogens with zero attached hydrogens (tertiary/aromatic N) is 2. The zero-order valence-corrected chi connectivity index (χ0v) is 11.1. The van der Waals surface area contributed by atoms with Crippen molar-refractivity contribution in [2.24, 2.45) is 23.0 Å². The highest BCUT2D eigenvalue weighted by Crippen LogP contribution is 2.64. The molecule has 1 aromatic heterocycles. The predicted molar refractivity (Wildman–Crippen MR) is 66.7 cm³/mol. The molecule has 0 aromatic carbocycles. The fraction of sp³-hybridized carbons (Fsp3) is 0.714. The van der Waals surface area contributed by atoms with Crippen LogP contribution < -0.4 is 5.73 Å². The molecule has 4 aliphatic carbocycles. The SMILES string of the molecule is Cc1noc(C23CC4[CH]C(C(N)=O)(CC(C4)C2)C3)n1. The molecule has 4 atom stereocenters. The molecule has 4 saturated carbocycles. The molecule has 1 aromatic rings. The van der Waals surface area contributed by atoms with E-state index in [1.165, 1.54) is 6.42 Å². The van der Waals surface area contributed by atoms with Crippen molar-refractivity contribution < 1.29 is 9.32 Å². The van der Waals surface area contributed by atoms with E-state index in [1.807, 2.05) is 6.92 Å². The lowest BCUT2D eigenvalue weighted by Crippen LogP contribution is -2.58. The first-order valence-corrected chi connectivity index (χ1v) is 6.98. The van der Waals surface area contributed by atoms with E-state index in [1.54, 1.807) is 0 Å². The number of aryl methyl sites for hydroxylation is 1. The van der Waals surface area contributed by atoms with Crippen molar-refractivity contribution in [3.63, 3.8) is 0 Å². The van der Waals surface area contributed by atoms with Crippen LogP contribution in [0.3, 0.4) is 0 Å². The fourth-order valence-corrected chi connectivity index (χ4v) is 4.96. The summed E-state index contributed by atoms with van der Waals surface area (Å²) in [5, 5.41) is 3.93. The van der Waals surface area contributed by atoms with E-state index in [2.05, 4.69) is 16.6 Å². The minimum atomic E-state index is -0.438. The topological polar surface area (TPSA) is 82.0 Å². The summed E-state index contributed by atoms with van der Waals surface area (Å²) < 4.78 is 5.45. The third-order valence-electron chi connectivity index (χ3n) is 5.30. The van der Waals surface area contributed by atoms with E-state index >= 15 is 0 Å². The summed E-state index contributed by atoms with van der Waals surface area (Å²) in [7, 11) is 0. The molecule has 0 aliphatic heterocycles. The van der Waals surface area contributed by atoms with Gasteiger partial charge >= 0.3 is 0 Å². The van der Waals surface area contributed by atoms with Crippen LogP contribution in [0.5, 0.6) is 0 Å². The van der Waals surface area contributed by atoms with Crippen LogP contribution in [-0.4, -0.2) is 16.0 Å². The Labute approximate surface area is 111 Å². The third-order valence-corrected chi connectivity index (χ3v) is 5.30. The Kier molecular flexibility index (Phi) is 2.03. The van der Waals surface area contributed by atoms with Crippen molar-refractivity contribution in [3.05, 3.63) is 18.1 Å². The lowest BCUT2D eigenvalue weighted by atomic mass is 9.44. The molecule has 4 fully saturated rings. The number of primary amides is 1. The van der Waals surface area contributed by atoms with Gasteiger partial charge in [-0.25, -0.2) is 0 Å². The molecule has 0 spiro atoms. The van der Waals surface area contributed by atoms with Crippen LogP contribution in [0.4, 0.5) is 0 Å². The molecule has 5 rings (SSSR count). The maximum atomic E-state index is 12.0. The highest BCUT2D eigenvalue weighted by molar-refractivity contribution is 5.83. The van der Waals surface area contributed by atoms with Gasteiger partial charge in [0.1, 0.15) is 0 Å². The van der Waals surface area contributed by atoms with Crippen LogP contribution in [-0.2, 0) is 10.2 Å². The molecule has 5 nitrogen and oxygen atoms in total. The standard InChI is InChI=1S/C14H18N3O2/c1-8-16-12(19-17-8)14-5-9-2-10(6-14)4-13(3-9,7-14)11(15)18/h3,9-10H,2,4-7H2,1H3,(H2,15,18). The van der Waals surface area contributed by atoms with E-state index in [0.717, 1.165) is 31.6 Å². The van der Waals surface area contributed by atoms with Crippen molar-refractivity contribution in [3.8, 4) is 0 Å². The lowest BCUT2D eigenvalue weighted by molar-refractivity contribution is -0.138. The minimum Gasteiger partial charge on any atom is -0.369 e. The Morgan fingerprint density at radius 3 is 2.95 bits per heavy atom. The molecule has 1 heterocycles. The van der Waals surface area contributed by atoms with Gasteiger partial charge in [0.25, 0.3) is 0 Å². The van der Waals surface area contributed by atoms with Crippen LogP contribution in [0.2, 0.25) is 0 Å². The number of hydrogen-bond donors (Lipinski definition) is 1. The maximum Gasteiger partial charge on any atom is 0.232 e. The molecule has 4 unspecified atom stereocenters. The second-order valence-electron chi connectivity index (χ2n) is 6.77. The Bertz CT molecular complexity index is 537. The number of carbonyl (C=O) groups excluding carboxylic acids is 1. The average Bonchev–Trinajstić information content (AvgIpc) is 2.74. The van der Waals surface area contributed by atoms with Gasteiger partial charge in [0.2, 0.25) is 11.8 Å². The van der Waals surface area contributed by atoms with Crippen molar-refractivity contribution in [1.82, 2.24) is 10.1 Å². The van der Waals surface area contributed by atoms with E-state index in [4.69, 9.17) is 10.3 Å². The molecule has 5 heteroatoms. The first-order chi connectivity index (χ1) is 9.01. The van der Waals surface area contributed by atoms with Gasteiger partial charge in [0, 0.05) is 0 Å². The van der Waals surface area contributed by atoms with Gasteiger partial charge in [-0.15, -0.1) is 0 Å². The molecule has 4 bridgehead atoms. The first-order valence-electron chi connectivity index (χ1n) is 6.98. The molecule has 1 radical (unpaired) electrons. The molecular formula is C14H18N3O2. The highest BCUT2D eigenvalue weighted by atomic mass is 16.5. The van der Waals surface area contributed by atoms with Crippen LogP contribution in [0.1, 0.15) is 43.8 Å². The van der Waals surface area contributed by atoms with Gasteiger partial charge in [0.15, 0.2) is 5.82 Å². The van der Waals surface area contributed by atoms with E-state index in [0.29, 0.717) is 17.7 Å². The normalized spacial score (nSPS) is 43.6. The Morgan fingerprint density at radius 2 is 2.32 bits per heavy atom. The van der Waals surface area contributed by atoms with Gasteiger partial charge in [0.05, 0.1) is 10.8 Å². The van der Waals surface area contributed by atoms with Crippen molar-refractivity contribution >= 4 is 5.91 Å². The van der Waals surface area contributed by atoms with Gasteiger partial charge < -0.3 is 10.3 Å². The molecule has 19 heavy (non-hydrogen) atoms. The largest absolute Gasteiger partial charge is 0.369 e. The molecule has 2 N–H and O–H groups in total. The fourth-order valence-electron chi connectivity index (χ4n) is 4.96. The molecule has 4 aliphatic rings. The van der Waals surface area contributed by atoms with Gasteiger partial charge in [-0.1, -0.05) is 5.16 Å². The molecule has 1 amide bonds.